The SMILES string of the molecule is Cc1nn2cccnc2c1C(=O)OCC(=O)Nc1sccc1C#N. The molecule has 0 atom stereocenters. The van der Waals surface area contributed by atoms with Gasteiger partial charge in [-0.1, -0.05) is 0 Å². The molecule has 0 spiro atoms. The summed E-state index contributed by atoms with van der Waals surface area (Å²) >= 11 is 1.22. The summed E-state index contributed by atoms with van der Waals surface area (Å²) < 4.78 is 6.51. The lowest BCUT2D eigenvalue weighted by Crippen LogP contribution is -2.21. The molecule has 3 heterocycles. The predicted molar refractivity (Wildman–Crippen MR) is 85.7 cm³/mol. The van der Waals surface area contributed by atoms with Gasteiger partial charge in [-0.05, 0) is 24.4 Å². The average molecular weight is 341 g/mol. The van der Waals surface area contributed by atoms with Gasteiger partial charge in [-0.25, -0.2) is 14.3 Å². The van der Waals surface area contributed by atoms with Crippen molar-refractivity contribution in [2.75, 3.05) is 11.9 Å². The highest BCUT2D eigenvalue weighted by Gasteiger charge is 2.20. The summed E-state index contributed by atoms with van der Waals surface area (Å²) in [6, 6.07) is 5.25. The summed E-state index contributed by atoms with van der Waals surface area (Å²) in [7, 11) is 0. The van der Waals surface area contributed by atoms with Gasteiger partial charge in [0.25, 0.3) is 5.91 Å². The zero-order valence-corrected chi connectivity index (χ0v) is 13.3. The van der Waals surface area contributed by atoms with E-state index in [1.807, 2.05) is 6.07 Å². The molecule has 0 aliphatic rings. The average Bonchev–Trinajstić information content (AvgIpc) is 3.15. The van der Waals surface area contributed by atoms with Gasteiger partial charge in [0.05, 0.1) is 11.3 Å². The molecular formula is C15H11N5O3S. The molecule has 0 saturated carbocycles. The maximum absolute atomic E-state index is 12.2. The van der Waals surface area contributed by atoms with Gasteiger partial charge in [0.1, 0.15) is 16.6 Å². The van der Waals surface area contributed by atoms with Crippen LogP contribution >= 0.6 is 11.3 Å². The first-order valence-corrected chi connectivity index (χ1v) is 7.72. The fraction of sp³-hybridized carbons (Fsp3) is 0.133. The highest BCUT2D eigenvalue weighted by Crippen LogP contribution is 2.22. The fourth-order valence-corrected chi connectivity index (χ4v) is 2.85. The minimum absolute atomic E-state index is 0.220. The molecule has 8 nitrogen and oxygen atoms in total. The second-order valence-corrected chi connectivity index (χ2v) is 5.66. The van der Waals surface area contributed by atoms with Crippen LogP contribution in [-0.4, -0.2) is 33.1 Å². The second-order valence-electron chi connectivity index (χ2n) is 4.75. The quantitative estimate of drug-likeness (QED) is 0.724. The lowest BCUT2D eigenvalue weighted by Gasteiger charge is -2.05. The first-order valence-electron chi connectivity index (χ1n) is 6.84. The van der Waals surface area contributed by atoms with Crippen molar-refractivity contribution in [3.63, 3.8) is 0 Å². The zero-order valence-electron chi connectivity index (χ0n) is 12.5. The summed E-state index contributed by atoms with van der Waals surface area (Å²) in [5, 5.41) is 17.7. The van der Waals surface area contributed by atoms with Crippen LogP contribution in [0.15, 0.2) is 29.9 Å². The number of aromatic nitrogens is 3. The molecule has 0 fully saturated rings. The van der Waals surface area contributed by atoms with Crippen LogP contribution in [0.5, 0.6) is 0 Å². The van der Waals surface area contributed by atoms with E-state index < -0.39 is 18.5 Å². The summed E-state index contributed by atoms with van der Waals surface area (Å²) in [6.07, 6.45) is 3.21. The maximum Gasteiger partial charge on any atom is 0.344 e. The molecule has 0 aliphatic heterocycles. The molecule has 24 heavy (non-hydrogen) atoms. The van der Waals surface area contributed by atoms with Crippen molar-refractivity contribution < 1.29 is 14.3 Å². The van der Waals surface area contributed by atoms with Gasteiger partial charge in [0, 0.05) is 12.4 Å². The van der Waals surface area contributed by atoms with Gasteiger partial charge in [-0.2, -0.15) is 10.4 Å². The van der Waals surface area contributed by atoms with Crippen LogP contribution in [0.2, 0.25) is 0 Å². The molecule has 0 aliphatic carbocycles. The minimum atomic E-state index is -0.678. The number of esters is 1. The number of hydrogen-bond donors (Lipinski definition) is 1. The number of amides is 1. The first kappa shape index (κ1) is 15.6. The first-order chi connectivity index (χ1) is 11.6. The molecule has 3 aromatic heterocycles. The smallest absolute Gasteiger partial charge is 0.344 e. The van der Waals surface area contributed by atoms with Crippen LogP contribution in [-0.2, 0) is 9.53 Å². The van der Waals surface area contributed by atoms with Crippen LogP contribution in [0, 0.1) is 18.3 Å². The van der Waals surface area contributed by atoms with Crippen LogP contribution in [0.4, 0.5) is 5.00 Å². The van der Waals surface area contributed by atoms with Gasteiger partial charge >= 0.3 is 5.97 Å². The number of ether oxygens (including phenoxy) is 1. The summed E-state index contributed by atoms with van der Waals surface area (Å²) in [5.74, 6) is -1.20. The molecule has 0 saturated heterocycles. The number of carbonyl (C=O) groups excluding carboxylic acids is 2. The number of fused-ring (bicyclic) bond motifs is 1. The van der Waals surface area contributed by atoms with Gasteiger partial charge in [-0.3, -0.25) is 4.79 Å². The number of thiophene rings is 1. The van der Waals surface area contributed by atoms with Crippen molar-refractivity contribution in [3.05, 3.63) is 46.7 Å². The molecule has 9 heteroatoms. The number of anilines is 1. The number of nitriles is 1. The van der Waals surface area contributed by atoms with Gasteiger partial charge in [0.15, 0.2) is 12.3 Å². The van der Waals surface area contributed by atoms with Crippen molar-refractivity contribution in [2.45, 2.75) is 6.92 Å². The molecule has 0 bridgehead atoms. The zero-order chi connectivity index (χ0) is 17.1. The topological polar surface area (TPSA) is 109 Å². The van der Waals surface area contributed by atoms with E-state index >= 15 is 0 Å². The monoisotopic (exact) mass is 341 g/mol. The fourth-order valence-electron chi connectivity index (χ4n) is 2.10. The van der Waals surface area contributed by atoms with E-state index in [2.05, 4.69) is 15.4 Å². The van der Waals surface area contributed by atoms with E-state index in [1.165, 1.54) is 15.9 Å². The molecule has 3 rings (SSSR count). The Labute approximate surface area is 140 Å². The van der Waals surface area contributed by atoms with E-state index in [1.54, 1.807) is 36.8 Å². The number of nitrogens with one attached hydrogen (secondary N) is 1. The third-order valence-corrected chi connectivity index (χ3v) is 3.98. The maximum atomic E-state index is 12.2. The summed E-state index contributed by atoms with van der Waals surface area (Å²) in [4.78, 5) is 28.2. The lowest BCUT2D eigenvalue weighted by molar-refractivity contribution is -0.119. The van der Waals surface area contributed by atoms with Crippen LogP contribution in [0.1, 0.15) is 21.6 Å². The minimum Gasteiger partial charge on any atom is -0.452 e. The normalized spacial score (nSPS) is 10.3. The summed E-state index contributed by atoms with van der Waals surface area (Å²) in [6.45, 7) is 1.20. The van der Waals surface area contributed by atoms with Crippen molar-refractivity contribution in [1.29, 1.82) is 5.26 Å². The van der Waals surface area contributed by atoms with E-state index in [0.29, 0.717) is 21.9 Å². The molecule has 0 unspecified atom stereocenters. The van der Waals surface area contributed by atoms with Crippen molar-refractivity contribution in [2.24, 2.45) is 0 Å². The molecule has 1 N–H and O–H groups in total. The molecule has 0 radical (unpaired) electrons. The van der Waals surface area contributed by atoms with E-state index in [4.69, 9.17) is 10.00 Å². The molecule has 1 amide bonds. The number of carbonyl (C=O) groups is 2. The van der Waals surface area contributed by atoms with Crippen LogP contribution < -0.4 is 5.32 Å². The third kappa shape index (κ3) is 2.95. The molecule has 120 valence electrons. The Morgan fingerprint density at radius 2 is 2.33 bits per heavy atom. The summed E-state index contributed by atoms with van der Waals surface area (Å²) in [5.41, 5.74) is 1.41. The van der Waals surface area contributed by atoms with Gasteiger partial charge in [-0.15, -0.1) is 11.3 Å². The number of hydrogen-bond acceptors (Lipinski definition) is 7. The van der Waals surface area contributed by atoms with Crippen molar-refractivity contribution in [3.8, 4) is 6.07 Å². The Morgan fingerprint density at radius 3 is 3.12 bits per heavy atom. The second kappa shape index (κ2) is 6.47. The van der Waals surface area contributed by atoms with E-state index in [9.17, 15) is 9.59 Å². The Bertz CT molecular complexity index is 969. The highest BCUT2D eigenvalue weighted by atomic mass is 32.1. The van der Waals surface area contributed by atoms with Crippen molar-refractivity contribution in [1.82, 2.24) is 14.6 Å². The molecule has 0 aromatic carbocycles. The molecular weight excluding hydrogens is 330 g/mol. The Hall–Kier alpha value is -3.25. The predicted octanol–water partition coefficient (Wildman–Crippen LogP) is 1.77. The third-order valence-electron chi connectivity index (χ3n) is 3.15. The van der Waals surface area contributed by atoms with E-state index in [-0.39, 0.29) is 5.56 Å². The Morgan fingerprint density at radius 1 is 1.50 bits per heavy atom. The number of rotatable bonds is 4. The Kier molecular flexibility index (Phi) is 4.22. The van der Waals surface area contributed by atoms with Gasteiger partial charge < -0.3 is 10.1 Å². The molecule has 3 aromatic rings. The lowest BCUT2D eigenvalue weighted by atomic mass is 10.2. The Balaban J connectivity index is 1.68. The largest absolute Gasteiger partial charge is 0.452 e. The number of aryl methyl sites for hydroxylation is 1. The standard InChI is InChI=1S/C15H11N5O3S/c1-9-12(13-17-4-2-5-20(13)19-9)15(22)23-8-11(21)18-14-10(7-16)3-6-24-14/h2-6H,8H2,1H3,(H,18,21). The number of nitrogens with zero attached hydrogens (tertiary/aromatic N) is 4. The highest BCUT2D eigenvalue weighted by molar-refractivity contribution is 7.14. The van der Waals surface area contributed by atoms with E-state index in [0.717, 1.165) is 0 Å². The van der Waals surface area contributed by atoms with Crippen LogP contribution in [0.25, 0.3) is 5.65 Å². The van der Waals surface area contributed by atoms with Crippen molar-refractivity contribution >= 4 is 33.9 Å². The van der Waals surface area contributed by atoms with Gasteiger partial charge in [0.2, 0.25) is 0 Å². The van der Waals surface area contributed by atoms with Crippen LogP contribution in [0.3, 0.4) is 0 Å².